The standard InChI is InChI=1S/C13H16BrNO3/c1-16-11-8(13(7-15)2-3-13)6-9-12(10(11)14)18-5-4-17-9/h6H,2-5,7,15H2,1H3. The van der Waals surface area contributed by atoms with Crippen LogP contribution in [0.4, 0.5) is 0 Å². The summed E-state index contributed by atoms with van der Waals surface area (Å²) in [5.41, 5.74) is 7.10. The van der Waals surface area contributed by atoms with Crippen LogP contribution in [0.5, 0.6) is 17.2 Å². The van der Waals surface area contributed by atoms with E-state index in [9.17, 15) is 0 Å². The Labute approximate surface area is 115 Å². The molecule has 0 spiro atoms. The third-order valence-corrected chi connectivity index (χ3v) is 4.47. The van der Waals surface area contributed by atoms with Crippen LogP contribution in [0.3, 0.4) is 0 Å². The third kappa shape index (κ3) is 1.68. The lowest BCUT2D eigenvalue weighted by molar-refractivity contribution is 0.169. The predicted octanol–water partition coefficient (Wildman–Crippen LogP) is 2.22. The van der Waals surface area contributed by atoms with Crippen molar-refractivity contribution >= 4 is 15.9 Å². The van der Waals surface area contributed by atoms with Crippen LogP contribution in [0.25, 0.3) is 0 Å². The molecule has 1 saturated carbocycles. The molecule has 1 aromatic carbocycles. The van der Waals surface area contributed by atoms with E-state index in [2.05, 4.69) is 15.9 Å². The van der Waals surface area contributed by atoms with Gasteiger partial charge in [0.15, 0.2) is 11.5 Å². The molecule has 1 aliphatic heterocycles. The maximum Gasteiger partial charge on any atom is 0.179 e. The fourth-order valence-electron chi connectivity index (χ4n) is 2.46. The summed E-state index contributed by atoms with van der Waals surface area (Å²) in [6.45, 7) is 1.78. The lowest BCUT2D eigenvalue weighted by Crippen LogP contribution is -2.22. The van der Waals surface area contributed by atoms with Crippen LogP contribution in [0.1, 0.15) is 18.4 Å². The normalized spacial score (nSPS) is 19.5. The minimum absolute atomic E-state index is 0.0592. The first kappa shape index (κ1) is 12.1. The number of fused-ring (bicyclic) bond motifs is 1. The first-order valence-electron chi connectivity index (χ1n) is 6.08. The highest BCUT2D eigenvalue weighted by molar-refractivity contribution is 9.10. The van der Waals surface area contributed by atoms with E-state index in [1.165, 1.54) is 0 Å². The molecule has 4 nitrogen and oxygen atoms in total. The first-order chi connectivity index (χ1) is 8.72. The molecular formula is C13H16BrNO3. The molecule has 0 bridgehead atoms. The molecule has 2 N–H and O–H groups in total. The zero-order valence-electron chi connectivity index (χ0n) is 10.3. The molecule has 1 fully saturated rings. The van der Waals surface area contributed by atoms with Crippen LogP contribution in [-0.2, 0) is 5.41 Å². The molecule has 1 aliphatic carbocycles. The predicted molar refractivity (Wildman–Crippen MR) is 71.7 cm³/mol. The highest BCUT2D eigenvalue weighted by atomic mass is 79.9. The minimum Gasteiger partial charge on any atom is -0.495 e. The van der Waals surface area contributed by atoms with Crippen molar-refractivity contribution in [3.8, 4) is 17.2 Å². The van der Waals surface area contributed by atoms with Gasteiger partial charge in [-0.15, -0.1) is 0 Å². The summed E-state index contributed by atoms with van der Waals surface area (Å²) < 4.78 is 17.7. The van der Waals surface area contributed by atoms with Gasteiger partial charge in [-0.2, -0.15) is 0 Å². The molecular weight excluding hydrogens is 298 g/mol. The number of nitrogens with two attached hydrogens (primary N) is 1. The Morgan fingerprint density at radius 3 is 2.72 bits per heavy atom. The number of halogens is 1. The molecule has 5 heteroatoms. The van der Waals surface area contributed by atoms with Crippen LogP contribution in [0, 0.1) is 0 Å². The van der Waals surface area contributed by atoms with Crippen LogP contribution < -0.4 is 19.9 Å². The van der Waals surface area contributed by atoms with Gasteiger partial charge in [0.25, 0.3) is 0 Å². The van der Waals surface area contributed by atoms with Crippen molar-refractivity contribution in [3.05, 3.63) is 16.1 Å². The summed E-state index contributed by atoms with van der Waals surface area (Å²) >= 11 is 3.56. The van der Waals surface area contributed by atoms with E-state index in [1.807, 2.05) is 6.07 Å². The van der Waals surface area contributed by atoms with Gasteiger partial charge in [-0.25, -0.2) is 0 Å². The van der Waals surface area contributed by atoms with Crippen molar-refractivity contribution in [2.75, 3.05) is 26.9 Å². The van der Waals surface area contributed by atoms with Gasteiger partial charge in [-0.3, -0.25) is 0 Å². The molecule has 1 heterocycles. The van der Waals surface area contributed by atoms with Crippen molar-refractivity contribution in [1.29, 1.82) is 0 Å². The molecule has 18 heavy (non-hydrogen) atoms. The van der Waals surface area contributed by atoms with Crippen LogP contribution in [-0.4, -0.2) is 26.9 Å². The van der Waals surface area contributed by atoms with Gasteiger partial charge in [0.1, 0.15) is 23.4 Å². The van der Waals surface area contributed by atoms with Gasteiger partial charge in [0.05, 0.1) is 7.11 Å². The molecule has 0 amide bonds. The Bertz CT molecular complexity index is 486. The van der Waals surface area contributed by atoms with Gasteiger partial charge in [0.2, 0.25) is 0 Å². The van der Waals surface area contributed by atoms with E-state index < -0.39 is 0 Å². The number of hydrogen-bond acceptors (Lipinski definition) is 4. The van der Waals surface area contributed by atoms with Crippen molar-refractivity contribution in [3.63, 3.8) is 0 Å². The van der Waals surface area contributed by atoms with E-state index in [0.717, 1.165) is 40.1 Å². The smallest absolute Gasteiger partial charge is 0.179 e. The molecule has 98 valence electrons. The Morgan fingerprint density at radius 2 is 2.11 bits per heavy atom. The van der Waals surface area contributed by atoms with Gasteiger partial charge >= 0.3 is 0 Å². The van der Waals surface area contributed by atoms with Crippen molar-refractivity contribution in [2.24, 2.45) is 5.73 Å². The molecule has 0 aromatic heterocycles. The molecule has 0 unspecified atom stereocenters. The number of methoxy groups -OCH3 is 1. The molecule has 0 saturated heterocycles. The quantitative estimate of drug-likeness (QED) is 0.929. The summed E-state index contributed by atoms with van der Waals surface area (Å²) in [4.78, 5) is 0. The van der Waals surface area contributed by atoms with E-state index in [-0.39, 0.29) is 5.41 Å². The first-order valence-corrected chi connectivity index (χ1v) is 6.88. The molecule has 3 rings (SSSR count). The SMILES string of the molecule is COc1c(C2(CN)CC2)cc2c(c1Br)OCCO2. The molecule has 0 radical (unpaired) electrons. The summed E-state index contributed by atoms with van der Waals surface area (Å²) in [6, 6.07) is 2.03. The number of ether oxygens (including phenoxy) is 3. The maximum absolute atomic E-state index is 5.91. The average molecular weight is 314 g/mol. The number of rotatable bonds is 3. The second-order valence-electron chi connectivity index (χ2n) is 4.78. The maximum atomic E-state index is 5.91. The zero-order valence-corrected chi connectivity index (χ0v) is 11.9. The minimum atomic E-state index is 0.0592. The monoisotopic (exact) mass is 313 g/mol. The second kappa shape index (κ2) is 4.31. The van der Waals surface area contributed by atoms with Crippen LogP contribution >= 0.6 is 15.9 Å². The fraction of sp³-hybridized carbons (Fsp3) is 0.538. The zero-order chi connectivity index (χ0) is 12.8. The second-order valence-corrected chi connectivity index (χ2v) is 5.57. The van der Waals surface area contributed by atoms with E-state index in [4.69, 9.17) is 19.9 Å². The summed E-state index contributed by atoms with van der Waals surface area (Å²) in [5, 5.41) is 0. The Kier molecular flexibility index (Phi) is 2.90. The van der Waals surface area contributed by atoms with Crippen molar-refractivity contribution in [1.82, 2.24) is 0 Å². The van der Waals surface area contributed by atoms with Gasteiger partial charge < -0.3 is 19.9 Å². The summed E-state index contributed by atoms with van der Waals surface area (Å²) in [5.74, 6) is 2.33. The highest BCUT2D eigenvalue weighted by Gasteiger charge is 2.46. The lowest BCUT2D eigenvalue weighted by atomic mass is 9.94. The van der Waals surface area contributed by atoms with E-state index in [0.29, 0.717) is 19.8 Å². The topological polar surface area (TPSA) is 53.7 Å². The summed E-state index contributed by atoms with van der Waals surface area (Å²) in [6.07, 6.45) is 2.21. The largest absolute Gasteiger partial charge is 0.495 e. The third-order valence-electron chi connectivity index (χ3n) is 3.75. The molecule has 1 aromatic rings. The average Bonchev–Trinajstić information content (AvgIpc) is 3.20. The summed E-state index contributed by atoms with van der Waals surface area (Å²) in [7, 11) is 1.67. The molecule has 0 atom stereocenters. The number of hydrogen-bond donors (Lipinski definition) is 1. The van der Waals surface area contributed by atoms with Crippen molar-refractivity contribution < 1.29 is 14.2 Å². The Morgan fingerprint density at radius 1 is 1.39 bits per heavy atom. The van der Waals surface area contributed by atoms with Gasteiger partial charge in [-0.1, -0.05) is 0 Å². The van der Waals surface area contributed by atoms with E-state index >= 15 is 0 Å². The Hall–Kier alpha value is -0.940. The van der Waals surface area contributed by atoms with E-state index in [1.54, 1.807) is 7.11 Å². The highest BCUT2D eigenvalue weighted by Crippen LogP contribution is 2.56. The van der Waals surface area contributed by atoms with Gasteiger partial charge in [-0.05, 0) is 34.8 Å². The number of benzene rings is 1. The van der Waals surface area contributed by atoms with Gasteiger partial charge in [0, 0.05) is 17.5 Å². The fourth-order valence-corrected chi connectivity index (χ4v) is 3.14. The Balaban J connectivity index is 2.16. The van der Waals surface area contributed by atoms with Crippen LogP contribution in [0.15, 0.2) is 10.5 Å². The lowest BCUT2D eigenvalue weighted by Gasteiger charge is -2.25. The van der Waals surface area contributed by atoms with Crippen molar-refractivity contribution in [2.45, 2.75) is 18.3 Å². The van der Waals surface area contributed by atoms with Crippen LogP contribution in [0.2, 0.25) is 0 Å². The molecule has 2 aliphatic rings.